The van der Waals surface area contributed by atoms with E-state index >= 15 is 0 Å². The molecule has 0 saturated carbocycles. The van der Waals surface area contributed by atoms with E-state index in [-0.39, 0.29) is 6.42 Å². The van der Waals surface area contributed by atoms with Crippen LogP contribution in [-0.4, -0.2) is 24.8 Å². The number of hydrogen-bond donors (Lipinski definition) is 1. The van der Waals surface area contributed by atoms with Crippen LogP contribution in [0.25, 0.3) is 0 Å². The lowest BCUT2D eigenvalue weighted by Gasteiger charge is -2.11. The lowest BCUT2D eigenvalue weighted by atomic mass is 10.1. The van der Waals surface area contributed by atoms with E-state index in [1.165, 1.54) is 0 Å². The Balaban J connectivity index is 2.78. The molecule has 0 heterocycles. The van der Waals surface area contributed by atoms with Crippen LogP contribution in [-0.2, 0) is 11.2 Å². The first-order valence-electron chi connectivity index (χ1n) is 5.69. The summed E-state index contributed by atoms with van der Waals surface area (Å²) in [7, 11) is 1.57. The molecule has 0 spiro atoms. The maximum Gasteiger partial charge on any atom is 0.307 e. The summed E-state index contributed by atoms with van der Waals surface area (Å²) < 4.78 is 10.7. The normalized spacial score (nSPS) is 10.0. The highest BCUT2D eigenvalue weighted by atomic mass is 16.5. The quantitative estimate of drug-likeness (QED) is 0.741. The highest BCUT2D eigenvalue weighted by Gasteiger charge is 2.07. The number of aliphatic carboxylic acids is 1. The second kappa shape index (κ2) is 6.78. The van der Waals surface area contributed by atoms with Gasteiger partial charge in [-0.3, -0.25) is 4.79 Å². The van der Waals surface area contributed by atoms with Gasteiger partial charge in [0.1, 0.15) is 0 Å². The molecule has 1 aromatic rings. The number of carboxylic acids is 1. The van der Waals surface area contributed by atoms with Gasteiger partial charge in [-0.25, -0.2) is 0 Å². The number of benzene rings is 1. The van der Waals surface area contributed by atoms with Crippen LogP contribution in [0.4, 0.5) is 0 Å². The molecule has 0 amide bonds. The van der Waals surface area contributed by atoms with E-state index in [4.69, 9.17) is 14.6 Å². The van der Waals surface area contributed by atoms with Gasteiger partial charge in [-0.2, -0.15) is 0 Å². The molecule has 1 aromatic carbocycles. The van der Waals surface area contributed by atoms with Crippen molar-refractivity contribution in [3.63, 3.8) is 0 Å². The fraction of sp³-hybridized carbons (Fsp3) is 0.462. The zero-order valence-electron chi connectivity index (χ0n) is 10.2. The van der Waals surface area contributed by atoms with Gasteiger partial charge in [0.25, 0.3) is 0 Å². The van der Waals surface area contributed by atoms with Gasteiger partial charge in [0, 0.05) is 0 Å². The molecule has 94 valence electrons. The Kier molecular flexibility index (Phi) is 5.33. The third-order valence-corrected chi connectivity index (χ3v) is 2.34. The van der Waals surface area contributed by atoms with Crippen LogP contribution in [0.2, 0.25) is 0 Å². The Bertz CT molecular complexity index is 374. The number of methoxy groups -OCH3 is 1. The number of carbonyl (C=O) groups is 1. The topological polar surface area (TPSA) is 55.8 Å². The molecule has 1 N–H and O–H groups in total. The summed E-state index contributed by atoms with van der Waals surface area (Å²) in [6, 6.07) is 5.20. The Morgan fingerprint density at radius 1 is 1.35 bits per heavy atom. The standard InChI is InChI=1S/C13H18O4/c1-3-4-7-17-12-8-10(9-13(14)15)5-6-11(12)16-2/h5-6,8H,3-4,7,9H2,1-2H3,(H,14,15). The predicted molar refractivity (Wildman–Crippen MR) is 64.7 cm³/mol. The van der Waals surface area contributed by atoms with Crippen molar-refractivity contribution in [2.75, 3.05) is 13.7 Å². The smallest absolute Gasteiger partial charge is 0.307 e. The lowest BCUT2D eigenvalue weighted by Crippen LogP contribution is -2.03. The first-order chi connectivity index (χ1) is 8.17. The van der Waals surface area contributed by atoms with Crippen LogP contribution in [0.3, 0.4) is 0 Å². The fourth-order valence-electron chi connectivity index (χ4n) is 1.44. The van der Waals surface area contributed by atoms with Crippen molar-refractivity contribution in [2.45, 2.75) is 26.2 Å². The molecule has 0 bridgehead atoms. The van der Waals surface area contributed by atoms with Gasteiger partial charge in [-0.05, 0) is 24.1 Å². The van der Waals surface area contributed by atoms with E-state index in [1.54, 1.807) is 25.3 Å². The minimum absolute atomic E-state index is 0.00582. The SMILES string of the molecule is CCCCOc1cc(CC(=O)O)ccc1OC. The van der Waals surface area contributed by atoms with E-state index in [1.807, 2.05) is 0 Å². The van der Waals surface area contributed by atoms with Crippen molar-refractivity contribution in [2.24, 2.45) is 0 Å². The molecule has 4 nitrogen and oxygen atoms in total. The van der Waals surface area contributed by atoms with Gasteiger partial charge in [0.15, 0.2) is 11.5 Å². The number of unbranched alkanes of at least 4 members (excludes halogenated alkanes) is 1. The monoisotopic (exact) mass is 238 g/mol. The first kappa shape index (κ1) is 13.4. The van der Waals surface area contributed by atoms with E-state index in [0.29, 0.717) is 23.7 Å². The summed E-state index contributed by atoms with van der Waals surface area (Å²) in [6.07, 6.45) is 2.01. The molecule has 0 unspecified atom stereocenters. The Morgan fingerprint density at radius 2 is 2.12 bits per heavy atom. The number of rotatable bonds is 7. The van der Waals surface area contributed by atoms with Gasteiger partial charge in [-0.1, -0.05) is 19.4 Å². The Hall–Kier alpha value is -1.71. The summed E-state index contributed by atoms with van der Waals surface area (Å²) in [6.45, 7) is 2.70. The minimum Gasteiger partial charge on any atom is -0.493 e. The second-order valence-electron chi connectivity index (χ2n) is 3.76. The third kappa shape index (κ3) is 4.34. The first-order valence-corrected chi connectivity index (χ1v) is 5.69. The number of ether oxygens (including phenoxy) is 2. The third-order valence-electron chi connectivity index (χ3n) is 2.34. The summed E-state index contributed by atoms with van der Waals surface area (Å²) in [5.74, 6) is 0.393. The molecule has 0 radical (unpaired) electrons. The van der Waals surface area contributed by atoms with E-state index < -0.39 is 5.97 Å². The van der Waals surface area contributed by atoms with Gasteiger partial charge in [0.2, 0.25) is 0 Å². The highest BCUT2D eigenvalue weighted by molar-refractivity contribution is 5.70. The van der Waals surface area contributed by atoms with Crippen LogP contribution in [0.5, 0.6) is 11.5 Å². The average molecular weight is 238 g/mol. The summed E-state index contributed by atoms with van der Waals surface area (Å²) in [5.41, 5.74) is 0.713. The van der Waals surface area contributed by atoms with Crippen molar-refractivity contribution in [1.82, 2.24) is 0 Å². The van der Waals surface area contributed by atoms with Crippen LogP contribution in [0.15, 0.2) is 18.2 Å². The molecule has 0 saturated heterocycles. The van der Waals surface area contributed by atoms with Crippen LogP contribution in [0.1, 0.15) is 25.3 Å². The molecule has 0 aliphatic heterocycles. The Labute approximate surface area is 101 Å². The molecule has 0 aliphatic carbocycles. The average Bonchev–Trinajstić information content (AvgIpc) is 2.29. The molecule has 17 heavy (non-hydrogen) atoms. The molecule has 0 aromatic heterocycles. The second-order valence-corrected chi connectivity index (χ2v) is 3.76. The highest BCUT2D eigenvalue weighted by Crippen LogP contribution is 2.28. The van der Waals surface area contributed by atoms with Crippen LogP contribution in [0, 0.1) is 0 Å². The number of hydrogen-bond acceptors (Lipinski definition) is 3. The molecule has 4 heteroatoms. The van der Waals surface area contributed by atoms with Crippen LogP contribution >= 0.6 is 0 Å². The van der Waals surface area contributed by atoms with E-state index in [2.05, 4.69) is 6.92 Å². The van der Waals surface area contributed by atoms with Gasteiger partial charge < -0.3 is 14.6 Å². The number of carboxylic acid groups (broad SMARTS) is 1. The predicted octanol–water partition coefficient (Wildman–Crippen LogP) is 2.50. The molecular formula is C13H18O4. The zero-order valence-corrected chi connectivity index (χ0v) is 10.2. The van der Waals surface area contributed by atoms with Crippen molar-refractivity contribution >= 4 is 5.97 Å². The van der Waals surface area contributed by atoms with Crippen molar-refractivity contribution in [1.29, 1.82) is 0 Å². The fourth-order valence-corrected chi connectivity index (χ4v) is 1.44. The van der Waals surface area contributed by atoms with E-state index in [9.17, 15) is 4.79 Å². The molecule has 0 aliphatic rings. The molecular weight excluding hydrogens is 220 g/mol. The van der Waals surface area contributed by atoms with Crippen molar-refractivity contribution in [3.8, 4) is 11.5 Å². The maximum absolute atomic E-state index is 10.6. The van der Waals surface area contributed by atoms with Crippen molar-refractivity contribution < 1.29 is 19.4 Å². The van der Waals surface area contributed by atoms with E-state index in [0.717, 1.165) is 12.8 Å². The summed E-state index contributed by atoms with van der Waals surface area (Å²) in [5, 5.41) is 8.73. The minimum atomic E-state index is -0.852. The summed E-state index contributed by atoms with van der Waals surface area (Å²) in [4.78, 5) is 10.6. The lowest BCUT2D eigenvalue weighted by molar-refractivity contribution is -0.136. The molecule has 0 fully saturated rings. The molecule has 1 rings (SSSR count). The Morgan fingerprint density at radius 3 is 2.71 bits per heavy atom. The largest absolute Gasteiger partial charge is 0.493 e. The molecule has 0 atom stereocenters. The van der Waals surface area contributed by atoms with Gasteiger partial charge in [0.05, 0.1) is 20.1 Å². The summed E-state index contributed by atoms with van der Waals surface area (Å²) >= 11 is 0. The maximum atomic E-state index is 10.6. The van der Waals surface area contributed by atoms with Crippen molar-refractivity contribution in [3.05, 3.63) is 23.8 Å². The van der Waals surface area contributed by atoms with Gasteiger partial charge >= 0.3 is 5.97 Å². The zero-order chi connectivity index (χ0) is 12.7. The van der Waals surface area contributed by atoms with Gasteiger partial charge in [-0.15, -0.1) is 0 Å². The van der Waals surface area contributed by atoms with Crippen LogP contribution < -0.4 is 9.47 Å².